The average molecular weight is 266 g/mol. The zero-order chi connectivity index (χ0) is 13.8. The number of nitrogen functional groups attached to an aromatic ring is 1. The van der Waals surface area contributed by atoms with Crippen molar-refractivity contribution < 1.29 is 13.2 Å². The van der Waals surface area contributed by atoms with E-state index in [-0.39, 0.29) is 35.4 Å². The normalized spacial score (nSPS) is 17.4. The molecule has 7 heteroatoms. The summed E-state index contributed by atoms with van der Waals surface area (Å²) in [5.74, 6) is -0.201. The highest BCUT2D eigenvalue weighted by Crippen LogP contribution is 2.57. The molecule has 1 saturated carbocycles. The minimum absolute atomic E-state index is 0.0110. The van der Waals surface area contributed by atoms with E-state index in [1.807, 2.05) is 6.07 Å². The summed E-state index contributed by atoms with van der Waals surface area (Å²) >= 11 is 0. The number of hydrogen-bond acceptors (Lipinski definition) is 3. The molecule has 1 aromatic heterocycles. The van der Waals surface area contributed by atoms with Crippen LogP contribution in [0, 0.1) is 11.3 Å². The van der Waals surface area contributed by atoms with Gasteiger partial charge in [-0.15, -0.1) is 0 Å². The van der Waals surface area contributed by atoms with Gasteiger partial charge in [0.1, 0.15) is 17.1 Å². The van der Waals surface area contributed by atoms with Crippen molar-refractivity contribution in [3.8, 4) is 6.07 Å². The summed E-state index contributed by atoms with van der Waals surface area (Å²) in [6.07, 6.45) is -4.40. The van der Waals surface area contributed by atoms with E-state index >= 15 is 0 Å². The van der Waals surface area contributed by atoms with Gasteiger partial charge in [0.15, 0.2) is 0 Å². The molecule has 0 spiro atoms. The van der Waals surface area contributed by atoms with Gasteiger partial charge in [-0.05, 0) is 25.0 Å². The Bertz CT molecular complexity index is 704. The van der Waals surface area contributed by atoms with Crippen LogP contribution in [0.4, 0.5) is 19.1 Å². The van der Waals surface area contributed by atoms with Gasteiger partial charge >= 0.3 is 6.18 Å². The molecule has 2 aromatic rings. The average Bonchev–Trinajstić information content (AvgIpc) is 3.06. The van der Waals surface area contributed by atoms with Crippen LogP contribution in [-0.2, 0) is 5.54 Å². The Morgan fingerprint density at radius 3 is 2.58 bits per heavy atom. The van der Waals surface area contributed by atoms with E-state index in [1.54, 1.807) is 0 Å². The highest BCUT2D eigenvalue weighted by molar-refractivity contribution is 5.84. The second-order valence-electron chi connectivity index (χ2n) is 4.62. The van der Waals surface area contributed by atoms with E-state index in [1.165, 1.54) is 18.2 Å². The predicted octanol–water partition coefficient (Wildman–Crippen LogP) is 2.54. The number of nitrogens with two attached hydrogens (primary N) is 1. The molecule has 0 saturated heterocycles. The molecule has 19 heavy (non-hydrogen) atoms. The van der Waals surface area contributed by atoms with E-state index in [4.69, 9.17) is 11.0 Å². The summed E-state index contributed by atoms with van der Waals surface area (Å²) in [6, 6.07) is 6.45. The van der Waals surface area contributed by atoms with Gasteiger partial charge in [0, 0.05) is 0 Å². The van der Waals surface area contributed by atoms with E-state index in [9.17, 15) is 13.2 Å². The number of para-hydroxylation sites is 1. The number of benzene rings is 1. The van der Waals surface area contributed by atoms with Gasteiger partial charge in [0.25, 0.3) is 0 Å². The molecule has 2 N–H and O–H groups in total. The summed E-state index contributed by atoms with van der Waals surface area (Å²) in [6.45, 7) is 0. The molecular weight excluding hydrogens is 257 g/mol. The Labute approximate surface area is 106 Å². The SMILES string of the molecule is N#Cc1cccc2c1nc(N)n2C1(C(F)(F)F)CC1. The van der Waals surface area contributed by atoms with Crippen molar-refractivity contribution in [2.75, 3.05) is 5.73 Å². The van der Waals surface area contributed by atoms with Gasteiger partial charge in [-0.1, -0.05) is 6.07 Å². The Hall–Kier alpha value is -2.23. The molecular formula is C12H9F3N4. The van der Waals surface area contributed by atoms with Crippen LogP contribution in [0.3, 0.4) is 0 Å². The van der Waals surface area contributed by atoms with Crippen LogP contribution in [0.5, 0.6) is 0 Å². The van der Waals surface area contributed by atoms with Crippen molar-refractivity contribution in [1.82, 2.24) is 9.55 Å². The van der Waals surface area contributed by atoms with Gasteiger partial charge in [-0.25, -0.2) is 4.98 Å². The van der Waals surface area contributed by atoms with Crippen LogP contribution in [0.15, 0.2) is 18.2 Å². The van der Waals surface area contributed by atoms with E-state index in [2.05, 4.69) is 4.98 Å². The maximum absolute atomic E-state index is 13.2. The molecule has 3 rings (SSSR count). The molecule has 0 amide bonds. The number of aromatic nitrogens is 2. The van der Waals surface area contributed by atoms with E-state index < -0.39 is 11.7 Å². The first-order chi connectivity index (χ1) is 8.90. The minimum Gasteiger partial charge on any atom is -0.369 e. The molecule has 98 valence electrons. The summed E-state index contributed by atoms with van der Waals surface area (Å²) < 4.78 is 40.6. The molecule has 1 aliphatic carbocycles. The molecule has 1 fully saturated rings. The summed E-state index contributed by atoms with van der Waals surface area (Å²) in [7, 11) is 0. The van der Waals surface area contributed by atoms with Crippen molar-refractivity contribution in [1.29, 1.82) is 5.26 Å². The molecule has 1 aliphatic rings. The number of nitriles is 1. The number of imidazole rings is 1. The number of nitrogens with zero attached hydrogens (tertiary/aromatic N) is 3. The standard InChI is InChI=1S/C12H9F3N4/c13-12(14,15)11(4-5-11)19-8-3-1-2-7(6-16)9(8)18-10(19)17/h1-3H,4-5H2,(H2,17,18). The van der Waals surface area contributed by atoms with Gasteiger partial charge in [-0.2, -0.15) is 18.4 Å². The monoisotopic (exact) mass is 266 g/mol. The van der Waals surface area contributed by atoms with Gasteiger partial charge in [-0.3, -0.25) is 4.57 Å². The molecule has 0 bridgehead atoms. The maximum Gasteiger partial charge on any atom is 0.412 e. The Morgan fingerprint density at radius 1 is 1.37 bits per heavy atom. The summed E-state index contributed by atoms with van der Waals surface area (Å²) in [5.41, 5.74) is 4.38. The molecule has 0 unspecified atom stereocenters. The summed E-state index contributed by atoms with van der Waals surface area (Å²) in [4.78, 5) is 3.92. The third-order valence-electron chi connectivity index (χ3n) is 3.51. The van der Waals surface area contributed by atoms with Gasteiger partial charge in [0.2, 0.25) is 5.95 Å². The van der Waals surface area contributed by atoms with Crippen LogP contribution in [0.25, 0.3) is 11.0 Å². The van der Waals surface area contributed by atoms with Crippen molar-refractivity contribution in [3.05, 3.63) is 23.8 Å². The van der Waals surface area contributed by atoms with Crippen LogP contribution >= 0.6 is 0 Å². The fourth-order valence-electron chi connectivity index (χ4n) is 2.41. The van der Waals surface area contributed by atoms with Crippen molar-refractivity contribution >= 4 is 17.0 Å². The number of hydrogen-bond donors (Lipinski definition) is 1. The second-order valence-corrected chi connectivity index (χ2v) is 4.62. The lowest BCUT2D eigenvalue weighted by atomic mass is 10.2. The van der Waals surface area contributed by atoms with Crippen LogP contribution < -0.4 is 5.73 Å². The number of alkyl halides is 3. The number of halogens is 3. The highest BCUT2D eigenvalue weighted by atomic mass is 19.4. The maximum atomic E-state index is 13.2. The van der Waals surface area contributed by atoms with Gasteiger partial charge in [0.05, 0.1) is 11.1 Å². The molecule has 0 atom stereocenters. The lowest BCUT2D eigenvalue weighted by molar-refractivity contribution is -0.178. The van der Waals surface area contributed by atoms with E-state index in [0.29, 0.717) is 0 Å². The highest BCUT2D eigenvalue weighted by Gasteiger charge is 2.65. The van der Waals surface area contributed by atoms with Crippen molar-refractivity contribution in [3.63, 3.8) is 0 Å². The molecule has 1 heterocycles. The summed E-state index contributed by atoms with van der Waals surface area (Å²) in [5, 5.41) is 8.95. The predicted molar refractivity (Wildman–Crippen MR) is 62.1 cm³/mol. The Kier molecular flexibility index (Phi) is 2.12. The third-order valence-corrected chi connectivity index (χ3v) is 3.51. The third kappa shape index (κ3) is 1.43. The topological polar surface area (TPSA) is 67.6 Å². The minimum atomic E-state index is -4.38. The zero-order valence-electron chi connectivity index (χ0n) is 9.70. The lowest BCUT2D eigenvalue weighted by Crippen LogP contribution is -2.35. The number of fused-ring (bicyclic) bond motifs is 1. The molecule has 0 aliphatic heterocycles. The smallest absolute Gasteiger partial charge is 0.369 e. The van der Waals surface area contributed by atoms with Gasteiger partial charge < -0.3 is 5.73 Å². The molecule has 4 nitrogen and oxygen atoms in total. The van der Waals surface area contributed by atoms with Crippen LogP contribution in [0.1, 0.15) is 18.4 Å². The lowest BCUT2D eigenvalue weighted by Gasteiger charge is -2.22. The van der Waals surface area contributed by atoms with Crippen molar-refractivity contribution in [2.24, 2.45) is 0 Å². The second kappa shape index (κ2) is 3.41. The molecule has 1 aromatic carbocycles. The first-order valence-corrected chi connectivity index (χ1v) is 5.65. The first-order valence-electron chi connectivity index (χ1n) is 5.65. The number of anilines is 1. The van der Waals surface area contributed by atoms with Crippen LogP contribution in [0.2, 0.25) is 0 Å². The number of rotatable bonds is 1. The van der Waals surface area contributed by atoms with Crippen LogP contribution in [-0.4, -0.2) is 15.7 Å². The first kappa shape index (κ1) is 11.8. The largest absolute Gasteiger partial charge is 0.412 e. The fourth-order valence-corrected chi connectivity index (χ4v) is 2.41. The molecule has 0 radical (unpaired) electrons. The Balaban J connectivity index is 2.33. The Morgan fingerprint density at radius 2 is 2.05 bits per heavy atom. The quantitative estimate of drug-likeness (QED) is 0.862. The van der Waals surface area contributed by atoms with E-state index in [0.717, 1.165) is 4.57 Å². The zero-order valence-corrected chi connectivity index (χ0v) is 9.70. The fraction of sp³-hybridized carbons (Fsp3) is 0.333. The van der Waals surface area contributed by atoms with Crippen molar-refractivity contribution in [2.45, 2.75) is 24.6 Å².